The lowest BCUT2D eigenvalue weighted by Gasteiger charge is -2.26. The Balaban J connectivity index is 1.74. The van der Waals surface area contributed by atoms with Crippen LogP contribution in [0, 0.1) is 6.92 Å². The number of nitrogens with two attached hydrogens (primary N) is 1. The highest BCUT2D eigenvalue weighted by Crippen LogP contribution is 2.28. The lowest BCUT2D eigenvalue weighted by Crippen LogP contribution is -2.40. The van der Waals surface area contributed by atoms with Gasteiger partial charge in [0.25, 0.3) is 0 Å². The summed E-state index contributed by atoms with van der Waals surface area (Å²) in [6.45, 7) is 3.15. The summed E-state index contributed by atoms with van der Waals surface area (Å²) >= 11 is 5.90. The molecule has 0 spiro atoms. The van der Waals surface area contributed by atoms with Gasteiger partial charge in [-0.25, -0.2) is 18.4 Å². The molecule has 2 aromatic carbocycles. The van der Waals surface area contributed by atoms with Crippen molar-refractivity contribution in [1.82, 2.24) is 14.3 Å². The molecule has 1 fully saturated rings. The van der Waals surface area contributed by atoms with Gasteiger partial charge in [-0.1, -0.05) is 17.7 Å². The quantitative estimate of drug-likeness (QED) is 0.567. The van der Waals surface area contributed by atoms with Crippen LogP contribution in [0.5, 0.6) is 0 Å². The van der Waals surface area contributed by atoms with Crippen LogP contribution < -0.4 is 5.73 Å². The zero-order valence-corrected chi connectivity index (χ0v) is 18.9. The molecule has 10 heteroatoms. The third kappa shape index (κ3) is 4.37. The molecule has 0 bridgehead atoms. The van der Waals surface area contributed by atoms with Crippen LogP contribution in [-0.4, -0.2) is 54.8 Å². The molecule has 1 aromatic heterocycles. The summed E-state index contributed by atoms with van der Waals surface area (Å²) in [6.07, 6.45) is 1.43. The van der Waals surface area contributed by atoms with Crippen LogP contribution in [0.4, 0.5) is 5.82 Å². The van der Waals surface area contributed by atoms with Crippen LogP contribution >= 0.6 is 11.6 Å². The predicted octanol–water partition coefficient (Wildman–Crippen LogP) is 2.94. The van der Waals surface area contributed by atoms with E-state index in [-0.39, 0.29) is 16.4 Å². The first-order chi connectivity index (χ1) is 15.3. The summed E-state index contributed by atoms with van der Waals surface area (Å²) in [4.78, 5) is 21.7. The third-order valence-electron chi connectivity index (χ3n) is 5.22. The summed E-state index contributed by atoms with van der Waals surface area (Å²) < 4.78 is 32.8. The predicted molar refractivity (Wildman–Crippen MR) is 121 cm³/mol. The van der Waals surface area contributed by atoms with E-state index in [9.17, 15) is 13.2 Å². The molecule has 0 aliphatic carbocycles. The average Bonchev–Trinajstić information content (AvgIpc) is 2.80. The third-order valence-corrected chi connectivity index (χ3v) is 7.36. The van der Waals surface area contributed by atoms with Crippen molar-refractivity contribution < 1.29 is 17.9 Å². The number of ketones is 1. The molecule has 1 aliphatic heterocycles. The van der Waals surface area contributed by atoms with Crippen molar-refractivity contribution in [3.8, 4) is 11.3 Å². The Morgan fingerprint density at radius 1 is 1.12 bits per heavy atom. The van der Waals surface area contributed by atoms with E-state index in [2.05, 4.69) is 9.97 Å². The molecule has 8 nitrogen and oxygen atoms in total. The molecule has 4 rings (SSSR count). The summed E-state index contributed by atoms with van der Waals surface area (Å²) in [7, 11) is -3.69. The Labute approximate surface area is 191 Å². The lowest BCUT2D eigenvalue weighted by atomic mass is 10.0. The average molecular weight is 473 g/mol. The summed E-state index contributed by atoms with van der Waals surface area (Å²) in [5.74, 6) is -0.410. The number of aryl methyl sites for hydroxylation is 1. The van der Waals surface area contributed by atoms with Crippen molar-refractivity contribution in [2.75, 3.05) is 32.0 Å². The van der Waals surface area contributed by atoms with Crippen LogP contribution in [0.15, 0.2) is 53.6 Å². The van der Waals surface area contributed by atoms with Gasteiger partial charge in [-0.2, -0.15) is 4.31 Å². The standard InChI is InChI=1S/C22H21ClN4O4S/c1-14-2-7-17(32(29,30)27-8-10-31-11-9-27)12-18(14)19-13-25-22(24)20(26-19)21(28)15-3-5-16(23)6-4-15/h2-7,12-13H,8-11H2,1H3,(H2,24,25). The highest BCUT2D eigenvalue weighted by Gasteiger charge is 2.27. The van der Waals surface area contributed by atoms with Crippen molar-refractivity contribution in [2.45, 2.75) is 11.8 Å². The van der Waals surface area contributed by atoms with Crippen LogP contribution in [0.1, 0.15) is 21.6 Å². The van der Waals surface area contributed by atoms with Gasteiger partial charge >= 0.3 is 0 Å². The first-order valence-corrected chi connectivity index (χ1v) is 11.7. The first kappa shape index (κ1) is 22.3. The largest absolute Gasteiger partial charge is 0.382 e. The Hall–Kier alpha value is -2.85. The van der Waals surface area contributed by atoms with E-state index in [0.717, 1.165) is 5.56 Å². The number of nitrogens with zero attached hydrogens (tertiary/aromatic N) is 3. The van der Waals surface area contributed by atoms with Gasteiger partial charge < -0.3 is 10.5 Å². The second kappa shape index (κ2) is 8.95. The van der Waals surface area contributed by atoms with Gasteiger partial charge in [0, 0.05) is 29.2 Å². The molecular formula is C22H21ClN4O4S. The van der Waals surface area contributed by atoms with Gasteiger partial charge in [-0.15, -0.1) is 0 Å². The number of halogens is 1. The van der Waals surface area contributed by atoms with E-state index in [1.54, 1.807) is 42.5 Å². The molecule has 0 unspecified atom stereocenters. The Bertz CT molecular complexity index is 1270. The number of hydrogen-bond acceptors (Lipinski definition) is 7. The fraction of sp³-hybridized carbons (Fsp3) is 0.227. The molecule has 166 valence electrons. The molecule has 0 radical (unpaired) electrons. The van der Waals surface area contributed by atoms with E-state index in [4.69, 9.17) is 22.1 Å². The van der Waals surface area contributed by atoms with Crippen LogP contribution in [0.3, 0.4) is 0 Å². The van der Waals surface area contributed by atoms with Crippen LogP contribution in [0.2, 0.25) is 5.02 Å². The van der Waals surface area contributed by atoms with Gasteiger partial charge in [0.1, 0.15) is 0 Å². The molecule has 2 N–H and O–H groups in total. The maximum absolute atomic E-state index is 13.1. The number of aromatic nitrogens is 2. The van der Waals surface area contributed by atoms with E-state index < -0.39 is 15.8 Å². The van der Waals surface area contributed by atoms with Gasteiger partial charge in [-0.05, 0) is 48.9 Å². The van der Waals surface area contributed by atoms with Crippen molar-refractivity contribution in [2.24, 2.45) is 0 Å². The topological polar surface area (TPSA) is 115 Å². The normalized spacial score (nSPS) is 14.9. The molecule has 32 heavy (non-hydrogen) atoms. The van der Waals surface area contributed by atoms with Crippen LogP contribution in [0.25, 0.3) is 11.3 Å². The minimum absolute atomic E-state index is 0.00865. The highest BCUT2D eigenvalue weighted by molar-refractivity contribution is 7.89. The van der Waals surface area contributed by atoms with Crippen molar-refractivity contribution >= 4 is 33.2 Å². The molecule has 0 amide bonds. The number of anilines is 1. The van der Waals surface area contributed by atoms with E-state index in [1.165, 1.54) is 10.5 Å². The summed E-state index contributed by atoms with van der Waals surface area (Å²) in [5.41, 5.74) is 7.99. The van der Waals surface area contributed by atoms with Gasteiger partial charge in [0.05, 0.1) is 30.0 Å². The van der Waals surface area contributed by atoms with E-state index in [1.807, 2.05) is 6.92 Å². The van der Waals surface area contributed by atoms with E-state index in [0.29, 0.717) is 48.1 Å². The number of rotatable bonds is 5. The number of benzene rings is 2. The first-order valence-electron chi connectivity index (χ1n) is 9.89. The van der Waals surface area contributed by atoms with Crippen molar-refractivity contribution in [3.05, 3.63) is 70.5 Å². The van der Waals surface area contributed by atoms with Gasteiger partial charge in [0.15, 0.2) is 11.5 Å². The number of carbonyl (C=O) groups is 1. The molecule has 0 atom stereocenters. The van der Waals surface area contributed by atoms with Crippen molar-refractivity contribution in [3.63, 3.8) is 0 Å². The summed E-state index contributed by atoms with van der Waals surface area (Å²) in [6, 6.07) is 11.2. The Morgan fingerprint density at radius 3 is 2.50 bits per heavy atom. The maximum atomic E-state index is 13.1. The number of carbonyl (C=O) groups excluding carboxylic acids is 1. The summed E-state index contributed by atoms with van der Waals surface area (Å²) in [5, 5.41) is 0.503. The SMILES string of the molecule is Cc1ccc(S(=O)(=O)N2CCOCC2)cc1-c1cnc(N)c(C(=O)c2ccc(Cl)cc2)n1. The Morgan fingerprint density at radius 2 is 1.81 bits per heavy atom. The fourth-order valence-corrected chi connectivity index (χ4v) is 4.97. The Kier molecular flexibility index (Phi) is 6.25. The number of sulfonamides is 1. The minimum atomic E-state index is -3.69. The minimum Gasteiger partial charge on any atom is -0.382 e. The van der Waals surface area contributed by atoms with Gasteiger partial charge in [0.2, 0.25) is 15.8 Å². The number of nitrogen functional groups attached to an aromatic ring is 1. The fourth-order valence-electron chi connectivity index (χ4n) is 3.41. The lowest BCUT2D eigenvalue weighted by molar-refractivity contribution is 0.0730. The molecule has 0 saturated carbocycles. The number of hydrogen-bond donors (Lipinski definition) is 1. The van der Waals surface area contributed by atoms with Crippen molar-refractivity contribution in [1.29, 1.82) is 0 Å². The number of morpholine rings is 1. The molecule has 2 heterocycles. The molecule has 1 aliphatic rings. The monoisotopic (exact) mass is 472 g/mol. The second-order valence-corrected chi connectivity index (χ2v) is 9.69. The van der Waals surface area contributed by atoms with Crippen LogP contribution in [-0.2, 0) is 14.8 Å². The second-order valence-electron chi connectivity index (χ2n) is 7.32. The smallest absolute Gasteiger partial charge is 0.243 e. The number of ether oxygens (including phenoxy) is 1. The highest BCUT2D eigenvalue weighted by atomic mass is 35.5. The van der Waals surface area contributed by atoms with Gasteiger partial charge in [-0.3, -0.25) is 4.79 Å². The van der Waals surface area contributed by atoms with E-state index >= 15 is 0 Å². The zero-order valence-electron chi connectivity index (χ0n) is 17.3. The maximum Gasteiger partial charge on any atom is 0.243 e. The zero-order chi connectivity index (χ0) is 22.9. The molecule has 1 saturated heterocycles. The molecule has 3 aromatic rings. The molecular weight excluding hydrogens is 452 g/mol.